The minimum atomic E-state index is -4.00. The Balaban J connectivity index is 1.91. The third-order valence-electron chi connectivity index (χ3n) is 4.16. The maximum atomic E-state index is 12.8. The quantitative estimate of drug-likeness (QED) is 0.712. The summed E-state index contributed by atoms with van der Waals surface area (Å²) in [5.41, 5.74) is 0.766. The minimum Gasteiger partial charge on any atom is -0.487 e. The summed E-state index contributed by atoms with van der Waals surface area (Å²) in [7, 11) is -4.00. The van der Waals surface area contributed by atoms with E-state index < -0.39 is 16.0 Å². The third-order valence-corrected chi connectivity index (χ3v) is 6.68. The first-order valence-corrected chi connectivity index (χ1v) is 11.2. The molecule has 1 aliphatic rings. The van der Waals surface area contributed by atoms with Gasteiger partial charge in [0, 0.05) is 6.92 Å². The number of amides is 1. The van der Waals surface area contributed by atoms with Crippen molar-refractivity contribution in [2.45, 2.75) is 38.7 Å². The fourth-order valence-electron chi connectivity index (χ4n) is 2.88. The van der Waals surface area contributed by atoms with Gasteiger partial charge in [-0.15, -0.1) is 0 Å². The second-order valence-electron chi connectivity index (χ2n) is 6.45. The van der Waals surface area contributed by atoms with Crippen LogP contribution in [0.1, 0.15) is 36.1 Å². The van der Waals surface area contributed by atoms with E-state index in [9.17, 15) is 18.0 Å². The number of rotatable bonds is 5. The molecule has 0 saturated carbocycles. The van der Waals surface area contributed by atoms with Gasteiger partial charge in [0.2, 0.25) is 5.91 Å². The monoisotopic (exact) mass is 439 g/mol. The number of aryl methyl sites for hydroxylation is 1. The van der Waals surface area contributed by atoms with Crippen molar-refractivity contribution < 1.29 is 27.5 Å². The molecule has 1 unspecified atom stereocenters. The number of ether oxygens (including phenoxy) is 2. The van der Waals surface area contributed by atoms with E-state index in [-0.39, 0.29) is 33.5 Å². The number of nitrogens with zero attached hydrogens (tertiary/aromatic N) is 2. The topological polar surface area (TPSA) is 115 Å². The molecule has 1 N–H and O–H groups in total. The van der Waals surface area contributed by atoms with Crippen molar-refractivity contribution in [3.63, 3.8) is 0 Å². The Morgan fingerprint density at radius 2 is 2.14 bits per heavy atom. The van der Waals surface area contributed by atoms with Crippen LogP contribution in [0.5, 0.6) is 5.75 Å². The fraction of sp³-hybridized carbons (Fsp3) is 0.389. The highest BCUT2D eigenvalue weighted by atomic mass is 32.2. The molecule has 1 aromatic heterocycles. The number of aromatic nitrogens is 1. The zero-order valence-corrected chi connectivity index (χ0v) is 18.0. The molecule has 1 aliphatic heterocycles. The molecule has 3 rings (SSSR count). The van der Waals surface area contributed by atoms with Crippen molar-refractivity contribution in [3.8, 4) is 5.75 Å². The van der Waals surface area contributed by atoms with E-state index in [0.717, 1.165) is 11.3 Å². The first kappa shape index (κ1) is 21.1. The Labute approximate surface area is 172 Å². The molecule has 0 bridgehead atoms. The van der Waals surface area contributed by atoms with Crippen LogP contribution in [0.4, 0.5) is 10.8 Å². The summed E-state index contributed by atoms with van der Waals surface area (Å²) in [5.74, 6) is -0.323. The van der Waals surface area contributed by atoms with E-state index in [4.69, 9.17) is 9.47 Å². The summed E-state index contributed by atoms with van der Waals surface area (Å²) in [6.45, 7) is 7.06. The Kier molecular flexibility index (Phi) is 5.80. The van der Waals surface area contributed by atoms with Gasteiger partial charge in [-0.3, -0.25) is 9.52 Å². The number of carbonyl (C=O) groups is 2. The van der Waals surface area contributed by atoms with Crippen LogP contribution in [-0.2, 0) is 19.6 Å². The van der Waals surface area contributed by atoms with Crippen molar-refractivity contribution in [2.24, 2.45) is 0 Å². The highest BCUT2D eigenvalue weighted by molar-refractivity contribution is 7.93. The molecule has 2 aromatic rings. The molecule has 0 saturated heterocycles. The smallest absolute Gasteiger partial charge is 0.350 e. The van der Waals surface area contributed by atoms with E-state index in [0.29, 0.717) is 23.7 Å². The molecule has 1 atom stereocenters. The Hall–Kier alpha value is -2.66. The Morgan fingerprint density at radius 1 is 1.41 bits per heavy atom. The van der Waals surface area contributed by atoms with Gasteiger partial charge in [0.1, 0.15) is 16.7 Å². The van der Waals surface area contributed by atoms with Crippen LogP contribution in [-0.4, -0.2) is 44.5 Å². The van der Waals surface area contributed by atoms with Crippen molar-refractivity contribution in [3.05, 3.63) is 28.8 Å². The Bertz CT molecular complexity index is 1060. The average molecular weight is 440 g/mol. The van der Waals surface area contributed by atoms with Crippen LogP contribution in [0, 0.1) is 6.92 Å². The lowest BCUT2D eigenvalue weighted by atomic mass is 10.2. The van der Waals surface area contributed by atoms with Crippen LogP contribution >= 0.6 is 11.3 Å². The molecule has 2 heterocycles. The van der Waals surface area contributed by atoms with Gasteiger partial charge in [0.15, 0.2) is 5.13 Å². The van der Waals surface area contributed by atoms with Gasteiger partial charge in [0.05, 0.1) is 29.4 Å². The molecule has 0 aliphatic carbocycles. The molecule has 29 heavy (non-hydrogen) atoms. The van der Waals surface area contributed by atoms with Gasteiger partial charge in [0.25, 0.3) is 10.0 Å². The molecule has 0 spiro atoms. The summed E-state index contributed by atoms with van der Waals surface area (Å²) < 4.78 is 38.7. The van der Waals surface area contributed by atoms with Crippen molar-refractivity contribution in [2.75, 3.05) is 22.8 Å². The zero-order chi connectivity index (χ0) is 21.3. The molecule has 1 amide bonds. The van der Waals surface area contributed by atoms with Gasteiger partial charge in [-0.1, -0.05) is 11.3 Å². The summed E-state index contributed by atoms with van der Waals surface area (Å²) in [6, 6.07) is 4.30. The molecular formula is C18H21N3O6S2. The molecule has 11 heteroatoms. The van der Waals surface area contributed by atoms with Crippen LogP contribution in [0.3, 0.4) is 0 Å². The lowest BCUT2D eigenvalue weighted by Gasteiger charge is -2.33. The summed E-state index contributed by atoms with van der Waals surface area (Å²) >= 11 is 0.898. The maximum Gasteiger partial charge on any atom is 0.350 e. The maximum absolute atomic E-state index is 12.8. The van der Waals surface area contributed by atoms with Gasteiger partial charge in [-0.05, 0) is 39.0 Å². The number of carbonyl (C=O) groups excluding carboxylic acids is 2. The fourth-order valence-corrected chi connectivity index (χ4v) is 5.00. The first-order valence-electron chi connectivity index (χ1n) is 8.88. The second-order valence-corrected chi connectivity index (χ2v) is 9.13. The number of sulfonamides is 1. The minimum absolute atomic E-state index is 0.0498. The Morgan fingerprint density at radius 3 is 2.79 bits per heavy atom. The SMILES string of the molecule is CCOC(=O)c1sc(NS(=O)(=O)c2ccc3c(c2)N(C(C)=O)CC(C)O3)nc1C. The van der Waals surface area contributed by atoms with Crippen LogP contribution in [0.15, 0.2) is 23.1 Å². The first-order chi connectivity index (χ1) is 13.6. The normalized spacial score (nSPS) is 16.0. The van der Waals surface area contributed by atoms with E-state index in [1.165, 1.54) is 30.0 Å². The summed E-state index contributed by atoms with van der Waals surface area (Å²) in [5, 5.41) is 0.0524. The second kappa shape index (κ2) is 7.99. The molecule has 0 fully saturated rings. The van der Waals surface area contributed by atoms with E-state index >= 15 is 0 Å². The van der Waals surface area contributed by atoms with E-state index in [1.807, 2.05) is 6.92 Å². The van der Waals surface area contributed by atoms with Crippen molar-refractivity contribution in [1.82, 2.24) is 4.98 Å². The summed E-state index contributed by atoms with van der Waals surface area (Å²) in [4.78, 5) is 29.7. The number of benzene rings is 1. The lowest BCUT2D eigenvalue weighted by molar-refractivity contribution is -0.117. The standard InChI is InChI=1S/C18H21N3O6S2/c1-5-26-17(23)16-11(3)19-18(28-16)20-29(24,25)13-6-7-15-14(8-13)21(12(4)22)9-10(2)27-15/h6-8,10H,5,9H2,1-4H3,(H,19,20). The number of anilines is 2. The van der Waals surface area contributed by atoms with Gasteiger partial charge < -0.3 is 14.4 Å². The van der Waals surface area contributed by atoms with Crippen LogP contribution < -0.4 is 14.4 Å². The highest BCUT2D eigenvalue weighted by Crippen LogP contribution is 2.36. The largest absolute Gasteiger partial charge is 0.487 e. The number of esters is 1. The molecular weight excluding hydrogens is 418 g/mol. The third kappa shape index (κ3) is 4.35. The predicted octanol–water partition coefficient (Wildman–Crippen LogP) is 2.56. The van der Waals surface area contributed by atoms with Gasteiger partial charge >= 0.3 is 5.97 Å². The number of hydrogen-bond donors (Lipinski definition) is 1. The average Bonchev–Trinajstić information content (AvgIpc) is 3.00. The lowest BCUT2D eigenvalue weighted by Crippen LogP contribution is -2.41. The predicted molar refractivity (Wildman–Crippen MR) is 108 cm³/mol. The highest BCUT2D eigenvalue weighted by Gasteiger charge is 2.28. The number of nitrogens with one attached hydrogen (secondary N) is 1. The molecule has 156 valence electrons. The zero-order valence-electron chi connectivity index (χ0n) is 16.4. The molecule has 0 radical (unpaired) electrons. The summed E-state index contributed by atoms with van der Waals surface area (Å²) in [6.07, 6.45) is -0.202. The van der Waals surface area contributed by atoms with Crippen LogP contribution in [0.2, 0.25) is 0 Å². The molecule has 9 nitrogen and oxygen atoms in total. The van der Waals surface area contributed by atoms with Crippen molar-refractivity contribution >= 4 is 44.1 Å². The van der Waals surface area contributed by atoms with E-state index in [1.54, 1.807) is 13.8 Å². The number of hydrogen-bond acceptors (Lipinski definition) is 8. The van der Waals surface area contributed by atoms with Crippen molar-refractivity contribution in [1.29, 1.82) is 0 Å². The van der Waals surface area contributed by atoms with Gasteiger partial charge in [-0.2, -0.15) is 0 Å². The van der Waals surface area contributed by atoms with Gasteiger partial charge in [-0.25, -0.2) is 18.2 Å². The number of fused-ring (bicyclic) bond motifs is 1. The molecule has 1 aromatic carbocycles. The van der Waals surface area contributed by atoms with E-state index in [2.05, 4.69) is 9.71 Å². The number of thiazole rings is 1. The van der Waals surface area contributed by atoms with Crippen LogP contribution in [0.25, 0.3) is 0 Å².